The second-order valence-electron chi connectivity index (χ2n) is 5.77. The fraction of sp³-hybridized carbons (Fsp3) is 0.562. The summed E-state index contributed by atoms with van der Waals surface area (Å²) in [5.74, 6) is 0.871. The molecule has 3 rings (SSSR count). The Morgan fingerprint density at radius 3 is 2.78 bits per heavy atom. The largest absolute Gasteiger partial charge is 0.486 e. The van der Waals surface area contributed by atoms with Gasteiger partial charge in [-0.3, -0.25) is 9.69 Å². The van der Waals surface area contributed by atoms with Crippen LogP contribution in [-0.2, 0) is 4.74 Å². The molecule has 0 radical (unpaired) electrons. The molecule has 0 saturated carbocycles. The number of morpholine rings is 1. The highest BCUT2D eigenvalue weighted by Crippen LogP contribution is 2.38. The zero-order valence-electron chi connectivity index (χ0n) is 13.1. The van der Waals surface area contributed by atoms with Gasteiger partial charge in [-0.05, 0) is 19.1 Å². The van der Waals surface area contributed by atoms with Crippen LogP contribution in [0.5, 0.6) is 11.5 Å². The van der Waals surface area contributed by atoms with Crippen molar-refractivity contribution in [2.45, 2.75) is 13.0 Å². The van der Waals surface area contributed by atoms with Crippen LogP contribution in [0.15, 0.2) is 12.1 Å². The van der Waals surface area contributed by atoms with Crippen molar-refractivity contribution in [3.8, 4) is 11.5 Å². The Balaban J connectivity index is 1.62. The first-order valence-corrected chi connectivity index (χ1v) is 8.21. The molecule has 1 N–H and O–H groups in total. The third-order valence-corrected chi connectivity index (χ3v) is 4.15. The van der Waals surface area contributed by atoms with Gasteiger partial charge in [-0.2, -0.15) is 0 Å². The van der Waals surface area contributed by atoms with Crippen LogP contribution in [0.1, 0.15) is 17.3 Å². The molecular weight excluding hydrogens is 320 g/mol. The molecule has 0 aliphatic carbocycles. The minimum Gasteiger partial charge on any atom is -0.486 e. The number of nitrogens with one attached hydrogen (secondary N) is 1. The van der Waals surface area contributed by atoms with Crippen LogP contribution in [0.4, 0.5) is 0 Å². The number of amides is 1. The SMILES string of the molecule is C[C@@H](CN1CCOCC1)NC(=O)c1cc(Cl)c2c(c1)OCCO2. The van der Waals surface area contributed by atoms with E-state index < -0.39 is 0 Å². The van der Waals surface area contributed by atoms with Crippen molar-refractivity contribution in [1.82, 2.24) is 10.2 Å². The number of benzene rings is 1. The van der Waals surface area contributed by atoms with Gasteiger partial charge in [0.25, 0.3) is 5.91 Å². The van der Waals surface area contributed by atoms with Crippen LogP contribution in [0.2, 0.25) is 5.02 Å². The predicted molar refractivity (Wildman–Crippen MR) is 86.6 cm³/mol. The van der Waals surface area contributed by atoms with Crippen molar-refractivity contribution >= 4 is 17.5 Å². The van der Waals surface area contributed by atoms with E-state index in [9.17, 15) is 4.79 Å². The summed E-state index contributed by atoms with van der Waals surface area (Å²) in [5, 5.41) is 3.40. The van der Waals surface area contributed by atoms with Gasteiger partial charge in [0.05, 0.1) is 18.2 Å². The maximum Gasteiger partial charge on any atom is 0.251 e. The minimum absolute atomic E-state index is 0.0348. The number of halogens is 1. The summed E-state index contributed by atoms with van der Waals surface area (Å²) in [6.45, 7) is 7.01. The number of ether oxygens (including phenoxy) is 3. The Morgan fingerprint density at radius 1 is 1.26 bits per heavy atom. The average Bonchev–Trinajstić information content (AvgIpc) is 2.55. The number of hydrogen-bond donors (Lipinski definition) is 1. The van der Waals surface area contributed by atoms with Gasteiger partial charge in [0.15, 0.2) is 11.5 Å². The molecule has 7 heteroatoms. The zero-order chi connectivity index (χ0) is 16.2. The molecule has 2 aliphatic heterocycles. The molecule has 1 aromatic rings. The molecule has 2 aliphatic rings. The quantitative estimate of drug-likeness (QED) is 0.901. The van der Waals surface area contributed by atoms with E-state index in [0.29, 0.717) is 35.3 Å². The van der Waals surface area contributed by atoms with Crippen molar-refractivity contribution in [3.05, 3.63) is 22.7 Å². The third kappa shape index (κ3) is 4.07. The Bertz CT molecular complexity index is 575. The minimum atomic E-state index is -0.162. The first-order valence-electron chi connectivity index (χ1n) is 7.83. The van der Waals surface area contributed by atoms with E-state index in [1.54, 1.807) is 12.1 Å². The van der Waals surface area contributed by atoms with Crippen LogP contribution >= 0.6 is 11.6 Å². The topological polar surface area (TPSA) is 60.0 Å². The lowest BCUT2D eigenvalue weighted by molar-refractivity contribution is 0.0342. The fourth-order valence-electron chi connectivity index (χ4n) is 2.77. The van der Waals surface area contributed by atoms with Gasteiger partial charge < -0.3 is 19.5 Å². The molecule has 0 bridgehead atoms. The maximum absolute atomic E-state index is 12.4. The Kier molecular flexibility index (Phi) is 5.25. The molecular formula is C16H21ClN2O4. The summed E-state index contributed by atoms with van der Waals surface area (Å²) in [6, 6.07) is 3.33. The summed E-state index contributed by atoms with van der Waals surface area (Å²) in [7, 11) is 0. The molecule has 1 atom stereocenters. The predicted octanol–water partition coefficient (Wildman–Crippen LogP) is 1.56. The summed E-state index contributed by atoms with van der Waals surface area (Å²) in [4.78, 5) is 14.7. The number of hydrogen-bond acceptors (Lipinski definition) is 5. The van der Waals surface area contributed by atoms with Gasteiger partial charge in [-0.1, -0.05) is 11.6 Å². The van der Waals surface area contributed by atoms with E-state index in [2.05, 4.69) is 10.2 Å². The van der Waals surface area contributed by atoms with Crippen molar-refractivity contribution in [2.75, 3.05) is 46.1 Å². The van der Waals surface area contributed by atoms with Crippen LogP contribution in [-0.4, -0.2) is 62.9 Å². The lowest BCUT2D eigenvalue weighted by Crippen LogP contribution is -2.46. The highest BCUT2D eigenvalue weighted by molar-refractivity contribution is 6.32. The molecule has 6 nitrogen and oxygen atoms in total. The summed E-state index contributed by atoms with van der Waals surface area (Å²) < 4.78 is 16.3. The molecule has 0 aromatic heterocycles. The molecule has 1 fully saturated rings. The number of rotatable bonds is 4. The van der Waals surface area contributed by atoms with Gasteiger partial charge in [0.2, 0.25) is 0 Å². The lowest BCUT2D eigenvalue weighted by Gasteiger charge is -2.29. The molecule has 2 heterocycles. The molecule has 1 aromatic carbocycles. The molecule has 23 heavy (non-hydrogen) atoms. The van der Waals surface area contributed by atoms with Crippen molar-refractivity contribution in [2.24, 2.45) is 0 Å². The number of carbonyl (C=O) groups is 1. The van der Waals surface area contributed by atoms with E-state index in [-0.39, 0.29) is 11.9 Å². The van der Waals surface area contributed by atoms with E-state index >= 15 is 0 Å². The first kappa shape index (κ1) is 16.4. The summed E-state index contributed by atoms with van der Waals surface area (Å²) in [6.07, 6.45) is 0. The Labute approximate surface area is 140 Å². The van der Waals surface area contributed by atoms with Crippen LogP contribution < -0.4 is 14.8 Å². The smallest absolute Gasteiger partial charge is 0.251 e. The molecule has 1 amide bonds. The van der Waals surface area contributed by atoms with E-state index in [1.165, 1.54) is 0 Å². The van der Waals surface area contributed by atoms with Crippen LogP contribution in [0.3, 0.4) is 0 Å². The third-order valence-electron chi connectivity index (χ3n) is 3.87. The number of fused-ring (bicyclic) bond motifs is 1. The van der Waals surface area contributed by atoms with Gasteiger partial charge in [-0.25, -0.2) is 0 Å². The highest BCUT2D eigenvalue weighted by atomic mass is 35.5. The Hall–Kier alpha value is -1.50. The summed E-state index contributed by atoms with van der Waals surface area (Å²) >= 11 is 6.18. The van der Waals surface area contributed by atoms with Gasteiger partial charge in [0, 0.05) is 31.2 Å². The second-order valence-corrected chi connectivity index (χ2v) is 6.18. The fourth-order valence-corrected chi connectivity index (χ4v) is 3.03. The molecule has 0 unspecified atom stereocenters. The van der Waals surface area contributed by atoms with Gasteiger partial charge >= 0.3 is 0 Å². The molecule has 126 valence electrons. The van der Waals surface area contributed by atoms with Gasteiger partial charge in [0.1, 0.15) is 13.2 Å². The van der Waals surface area contributed by atoms with E-state index in [4.69, 9.17) is 25.8 Å². The monoisotopic (exact) mass is 340 g/mol. The van der Waals surface area contributed by atoms with Crippen LogP contribution in [0.25, 0.3) is 0 Å². The molecule has 1 saturated heterocycles. The van der Waals surface area contributed by atoms with Crippen molar-refractivity contribution in [3.63, 3.8) is 0 Å². The first-order chi connectivity index (χ1) is 11.1. The average molecular weight is 341 g/mol. The number of carbonyl (C=O) groups excluding carboxylic acids is 1. The number of nitrogens with zero attached hydrogens (tertiary/aromatic N) is 1. The standard InChI is InChI=1S/C16H21ClN2O4/c1-11(10-19-2-4-21-5-3-19)18-16(20)12-8-13(17)15-14(9-12)22-6-7-23-15/h8-9,11H,2-7,10H2,1H3,(H,18,20)/t11-/m0/s1. The second kappa shape index (κ2) is 7.38. The van der Waals surface area contributed by atoms with Crippen molar-refractivity contribution in [1.29, 1.82) is 0 Å². The van der Waals surface area contributed by atoms with Crippen LogP contribution in [0, 0.1) is 0 Å². The highest BCUT2D eigenvalue weighted by Gasteiger charge is 2.21. The zero-order valence-corrected chi connectivity index (χ0v) is 13.9. The van der Waals surface area contributed by atoms with E-state index in [0.717, 1.165) is 32.8 Å². The lowest BCUT2D eigenvalue weighted by atomic mass is 10.1. The van der Waals surface area contributed by atoms with Crippen molar-refractivity contribution < 1.29 is 19.0 Å². The Morgan fingerprint density at radius 2 is 2.00 bits per heavy atom. The summed E-state index contributed by atoms with van der Waals surface area (Å²) in [5.41, 5.74) is 0.480. The van der Waals surface area contributed by atoms with Gasteiger partial charge in [-0.15, -0.1) is 0 Å². The normalized spacial score (nSPS) is 19.2. The van der Waals surface area contributed by atoms with E-state index in [1.807, 2.05) is 6.92 Å². The maximum atomic E-state index is 12.4. The molecule has 0 spiro atoms.